The molecule has 2 amide bonds. The summed E-state index contributed by atoms with van der Waals surface area (Å²) in [7, 11) is 0. The van der Waals surface area contributed by atoms with Gasteiger partial charge in [-0.15, -0.1) is 0 Å². The standard InChI is InChI=1S/C11H17N5O/c1-8(2)15-11(16-10(12)17)14-7-9-5-3-4-6-13-9/h3-6,8H,7H2,1-2H3,(H4,12,14,15,16,17). The number of guanidine groups is 1. The number of carbonyl (C=O) groups is 1. The largest absolute Gasteiger partial charge is 0.354 e. The van der Waals surface area contributed by atoms with E-state index in [1.165, 1.54) is 0 Å². The normalized spacial score (nSPS) is 11.4. The van der Waals surface area contributed by atoms with Gasteiger partial charge in [0.05, 0.1) is 12.2 Å². The molecule has 0 aliphatic rings. The highest BCUT2D eigenvalue weighted by atomic mass is 16.2. The average Bonchev–Trinajstić information content (AvgIpc) is 2.26. The van der Waals surface area contributed by atoms with Crippen LogP contribution in [-0.2, 0) is 6.54 Å². The summed E-state index contributed by atoms with van der Waals surface area (Å²) in [6, 6.07) is 5.10. The summed E-state index contributed by atoms with van der Waals surface area (Å²) in [5.74, 6) is 0.359. The van der Waals surface area contributed by atoms with Crippen molar-refractivity contribution in [3.8, 4) is 0 Å². The second-order valence-electron chi connectivity index (χ2n) is 3.77. The molecule has 0 radical (unpaired) electrons. The second kappa shape index (κ2) is 6.47. The summed E-state index contributed by atoms with van der Waals surface area (Å²) in [5, 5.41) is 5.42. The van der Waals surface area contributed by atoms with Crippen molar-refractivity contribution in [2.45, 2.75) is 26.4 Å². The van der Waals surface area contributed by atoms with Gasteiger partial charge in [-0.3, -0.25) is 10.3 Å². The topological polar surface area (TPSA) is 92.4 Å². The minimum absolute atomic E-state index is 0.157. The van der Waals surface area contributed by atoms with Crippen molar-refractivity contribution in [3.63, 3.8) is 0 Å². The quantitative estimate of drug-likeness (QED) is 0.529. The van der Waals surface area contributed by atoms with Gasteiger partial charge < -0.3 is 11.1 Å². The number of hydrogen-bond donors (Lipinski definition) is 3. The van der Waals surface area contributed by atoms with Crippen molar-refractivity contribution in [3.05, 3.63) is 30.1 Å². The van der Waals surface area contributed by atoms with Gasteiger partial charge in [0.2, 0.25) is 0 Å². The first-order chi connectivity index (χ1) is 8.08. The molecule has 0 atom stereocenters. The Hall–Kier alpha value is -2.11. The van der Waals surface area contributed by atoms with E-state index >= 15 is 0 Å². The average molecular weight is 235 g/mol. The van der Waals surface area contributed by atoms with Gasteiger partial charge in [0.15, 0.2) is 5.96 Å². The summed E-state index contributed by atoms with van der Waals surface area (Å²) >= 11 is 0. The van der Waals surface area contributed by atoms with Crippen molar-refractivity contribution >= 4 is 12.0 Å². The molecule has 17 heavy (non-hydrogen) atoms. The van der Waals surface area contributed by atoms with Crippen molar-refractivity contribution in [1.82, 2.24) is 15.6 Å². The number of urea groups is 1. The molecule has 6 nitrogen and oxygen atoms in total. The molecule has 1 aromatic rings. The van der Waals surface area contributed by atoms with Crippen LogP contribution in [0.2, 0.25) is 0 Å². The Labute approximate surface area is 100 Å². The third-order valence-electron chi connectivity index (χ3n) is 1.79. The van der Waals surface area contributed by atoms with E-state index in [2.05, 4.69) is 20.6 Å². The van der Waals surface area contributed by atoms with E-state index in [4.69, 9.17) is 5.73 Å². The molecule has 1 rings (SSSR count). The maximum absolute atomic E-state index is 10.8. The molecule has 0 bridgehead atoms. The van der Waals surface area contributed by atoms with Gasteiger partial charge in [0.1, 0.15) is 0 Å². The Morgan fingerprint density at radius 1 is 1.53 bits per heavy atom. The van der Waals surface area contributed by atoms with E-state index in [1.807, 2.05) is 32.0 Å². The van der Waals surface area contributed by atoms with Crippen LogP contribution in [0, 0.1) is 0 Å². The lowest BCUT2D eigenvalue weighted by molar-refractivity contribution is 0.252. The van der Waals surface area contributed by atoms with Gasteiger partial charge in [-0.25, -0.2) is 9.79 Å². The zero-order chi connectivity index (χ0) is 12.7. The predicted octanol–water partition coefficient (Wildman–Crippen LogP) is 0.604. The van der Waals surface area contributed by atoms with Gasteiger partial charge >= 0.3 is 6.03 Å². The van der Waals surface area contributed by atoms with Crippen LogP contribution in [0.3, 0.4) is 0 Å². The highest BCUT2D eigenvalue weighted by molar-refractivity contribution is 5.95. The number of carbonyl (C=O) groups excluding carboxylic acids is 1. The van der Waals surface area contributed by atoms with E-state index < -0.39 is 6.03 Å². The molecule has 0 fully saturated rings. The summed E-state index contributed by atoms with van der Waals surface area (Å²) in [5.41, 5.74) is 5.87. The second-order valence-corrected chi connectivity index (χ2v) is 3.77. The number of nitrogens with one attached hydrogen (secondary N) is 2. The molecular formula is C11H17N5O. The van der Waals surface area contributed by atoms with Gasteiger partial charge in [-0.05, 0) is 26.0 Å². The molecule has 0 aliphatic heterocycles. The number of aliphatic imine (C=N–C) groups is 1. The lowest BCUT2D eigenvalue weighted by Gasteiger charge is -2.12. The highest BCUT2D eigenvalue weighted by Gasteiger charge is 2.03. The van der Waals surface area contributed by atoms with Crippen molar-refractivity contribution < 1.29 is 4.79 Å². The monoisotopic (exact) mass is 235 g/mol. The summed E-state index contributed by atoms with van der Waals surface area (Å²) in [4.78, 5) is 19.1. The lowest BCUT2D eigenvalue weighted by Crippen LogP contribution is -2.46. The summed E-state index contributed by atoms with van der Waals surface area (Å²) in [6.07, 6.45) is 1.70. The molecule has 0 aliphatic carbocycles. The molecule has 0 saturated carbocycles. The lowest BCUT2D eigenvalue weighted by atomic mass is 10.3. The highest BCUT2D eigenvalue weighted by Crippen LogP contribution is 1.95. The van der Waals surface area contributed by atoms with E-state index in [-0.39, 0.29) is 6.04 Å². The third kappa shape index (κ3) is 5.50. The van der Waals surface area contributed by atoms with Gasteiger partial charge in [0.25, 0.3) is 0 Å². The Balaban J connectivity index is 2.65. The zero-order valence-corrected chi connectivity index (χ0v) is 9.97. The number of amides is 2. The van der Waals surface area contributed by atoms with Crippen molar-refractivity contribution in [2.24, 2.45) is 10.7 Å². The van der Waals surface area contributed by atoms with E-state index in [9.17, 15) is 4.79 Å². The van der Waals surface area contributed by atoms with Gasteiger partial charge in [0, 0.05) is 12.2 Å². The zero-order valence-electron chi connectivity index (χ0n) is 9.97. The molecule has 0 aromatic carbocycles. The SMILES string of the molecule is CC(C)NC(=NCc1ccccn1)NC(N)=O. The molecular weight excluding hydrogens is 218 g/mol. The Morgan fingerprint density at radius 3 is 2.82 bits per heavy atom. The minimum Gasteiger partial charge on any atom is -0.354 e. The number of nitrogens with zero attached hydrogens (tertiary/aromatic N) is 2. The molecule has 0 spiro atoms. The van der Waals surface area contributed by atoms with E-state index in [0.717, 1.165) is 5.69 Å². The minimum atomic E-state index is -0.641. The number of nitrogens with two attached hydrogens (primary N) is 1. The Morgan fingerprint density at radius 2 is 2.29 bits per heavy atom. The predicted molar refractivity (Wildman–Crippen MR) is 66.4 cm³/mol. The first-order valence-electron chi connectivity index (χ1n) is 5.35. The number of aromatic nitrogens is 1. The fourth-order valence-electron chi connectivity index (χ4n) is 1.16. The van der Waals surface area contributed by atoms with Crippen LogP contribution in [0.25, 0.3) is 0 Å². The maximum atomic E-state index is 10.8. The fourth-order valence-corrected chi connectivity index (χ4v) is 1.16. The van der Waals surface area contributed by atoms with Crippen molar-refractivity contribution in [1.29, 1.82) is 0 Å². The van der Waals surface area contributed by atoms with Crippen molar-refractivity contribution in [2.75, 3.05) is 0 Å². The van der Waals surface area contributed by atoms with Crippen LogP contribution in [0.5, 0.6) is 0 Å². The first-order valence-corrected chi connectivity index (χ1v) is 5.35. The molecule has 0 saturated heterocycles. The van der Waals surface area contributed by atoms with Crippen LogP contribution in [0.1, 0.15) is 19.5 Å². The van der Waals surface area contributed by atoms with Crippen LogP contribution < -0.4 is 16.4 Å². The van der Waals surface area contributed by atoms with E-state index in [0.29, 0.717) is 12.5 Å². The number of rotatable bonds is 3. The van der Waals surface area contributed by atoms with Crippen LogP contribution in [0.15, 0.2) is 29.4 Å². The summed E-state index contributed by atoms with van der Waals surface area (Å²) in [6.45, 7) is 4.27. The Bertz CT molecular complexity index is 388. The van der Waals surface area contributed by atoms with Gasteiger partial charge in [-0.2, -0.15) is 0 Å². The molecule has 1 heterocycles. The third-order valence-corrected chi connectivity index (χ3v) is 1.79. The fraction of sp³-hybridized carbons (Fsp3) is 0.364. The van der Waals surface area contributed by atoms with E-state index in [1.54, 1.807) is 6.20 Å². The van der Waals surface area contributed by atoms with Crippen LogP contribution in [0.4, 0.5) is 4.79 Å². The number of hydrogen-bond acceptors (Lipinski definition) is 3. The summed E-state index contributed by atoms with van der Waals surface area (Å²) < 4.78 is 0. The maximum Gasteiger partial charge on any atom is 0.318 e. The first kappa shape index (κ1) is 13.0. The molecule has 4 N–H and O–H groups in total. The Kier molecular flexibility index (Phi) is 4.93. The number of primary amides is 1. The van der Waals surface area contributed by atoms with Gasteiger partial charge in [-0.1, -0.05) is 6.07 Å². The van der Waals surface area contributed by atoms with Crippen LogP contribution in [-0.4, -0.2) is 23.0 Å². The van der Waals surface area contributed by atoms with Crippen LogP contribution >= 0.6 is 0 Å². The molecule has 6 heteroatoms. The number of pyridine rings is 1. The molecule has 0 unspecified atom stereocenters. The molecule has 92 valence electrons. The smallest absolute Gasteiger partial charge is 0.318 e. The molecule has 1 aromatic heterocycles.